The van der Waals surface area contributed by atoms with Crippen LogP contribution in [0.2, 0.25) is 0 Å². The molecule has 2 aliphatic rings. The monoisotopic (exact) mass is 987 g/mol. The third-order valence-electron chi connectivity index (χ3n) is 10.3. The van der Waals surface area contributed by atoms with Gasteiger partial charge in [-0.3, -0.25) is 0 Å². The molecule has 13 heterocycles. The van der Waals surface area contributed by atoms with Gasteiger partial charge < -0.3 is 29.9 Å². The van der Waals surface area contributed by atoms with Gasteiger partial charge in [0, 0.05) is 22.6 Å². The average molecular weight is 988 g/mol. The SMILES string of the molecule is N#Cc1nc2nc3c(nc2nc1C#N)-c1nc-3nc2[n-]c(nc3nc(nc4[n-]c(n1)c1nc5nc(C#N)c(C#N)nc5nc41)-c1nc4nc(C#N)c(C#N)nc4nc1-3)c1nc3nc(C#N)c(C#N)nc3nc21.[Co+2]. The van der Waals surface area contributed by atoms with E-state index < -0.39 is 0 Å². The molecule has 11 aromatic rings. The summed E-state index contributed by atoms with van der Waals surface area (Å²) in [4.78, 5) is 108. The summed E-state index contributed by atoms with van der Waals surface area (Å²) in [6.45, 7) is 0. The summed E-state index contributed by atoms with van der Waals surface area (Å²) in [7, 11) is 0. The van der Waals surface area contributed by atoms with Gasteiger partial charge in [-0.15, -0.1) is 0 Å². The molecule has 11 aromatic heterocycles. The summed E-state index contributed by atoms with van der Waals surface area (Å²) < 4.78 is 0. The number of fused-ring (bicyclic) bond motifs is 24. The number of hydrogen-bond donors (Lipinski definition) is 0. The van der Waals surface area contributed by atoms with E-state index in [1.807, 2.05) is 0 Å². The van der Waals surface area contributed by atoms with Crippen LogP contribution in [0.3, 0.4) is 0 Å². The molecule has 8 bridgehead atoms. The topological polar surface area (TPSA) is 502 Å². The summed E-state index contributed by atoms with van der Waals surface area (Å²) in [6, 6.07) is 14.4. The van der Waals surface area contributed by atoms with Crippen molar-refractivity contribution in [1.82, 2.24) is 120 Å². The first-order valence-electron chi connectivity index (χ1n) is 19.5. The molecule has 1 radical (unpaired) electrons. The molecule has 0 amide bonds. The van der Waals surface area contributed by atoms with Crippen molar-refractivity contribution < 1.29 is 16.8 Å². The fourth-order valence-electron chi connectivity index (χ4n) is 7.26. The molecular formula is C40CoN32. The molecule has 0 atom stereocenters. The van der Waals surface area contributed by atoms with Crippen LogP contribution in [-0.4, -0.2) is 110 Å². The Labute approximate surface area is 407 Å². The molecule has 0 aliphatic carbocycles. The first-order chi connectivity index (χ1) is 35.2. The fraction of sp³-hybridized carbons (Fsp3) is 0. The summed E-state index contributed by atoms with van der Waals surface area (Å²) in [5.74, 6) is -0.954. The standard InChI is InChI=1S/C40N32.Co/c41-1-9-10(2-42)50-34-33(49-9)57-17-18(58-34)26-65-25(17)69-27-19-20(60-36-35(59-19)51-11(3-43)12(4-44)52-36)29(66-27)71-31-23-24(64-40-39(63-23)55-15(7-47)16(8-48)56-40)32(68-31)72-30-22-21(28(67-30)70-26)61-37-38(62-22)54-14(6-46)13(5-45)53-37;/q-2;+2. The number of aromatic nitrogens is 24. The quantitative estimate of drug-likeness (QED) is 0.193. The zero-order valence-corrected chi connectivity index (χ0v) is 35.7. The van der Waals surface area contributed by atoms with Gasteiger partial charge in [0.05, 0.1) is 0 Å². The molecule has 13 rings (SSSR count). The minimum Gasteiger partial charge on any atom is -0.354 e. The molecule has 2 aliphatic heterocycles. The van der Waals surface area contributed by atoms with Crippen LogP contribution < -0.4 is 9.97 Å². The smallest absolute Gasteiger partial charge is 0.354 e. The minimum atomic E-state index is -0.348. The molecule has 0 aromatic carbocycles. The maximum Gasteiger partial charge on any atom is 2.00 e. The molecule has 32 nitrogen and oxygen atoms in total. The van der Waals surface area contributed by atoms with Crippen molar-refractivity contribution in [3.8, 4) is 94.6 Å². The van der Waals surface area contributed by atoms with Crippen LogP contribution in [0.1, 0.15) is 45.6 Å². The van der Waals surface area contributed by atoms with Crippen molar-refractivity contribution in [2.24, 2.45) is 0 Å². The van der Waals surface area contributed by atoms with Gasteiger partial charge in [-0.1, -0.05) is 0 Å². The molecule has 0 N–H and O–H groups in total. The third-order valence-corrected chi connectivity index (χ3v) is 10.3. The molecule has 0 spiro atoms. The van der Waals surface area contributed by atoms with Crippen molar-refractivity contribution in [1.29, 1.82) is 42.1 Å². The normalized spacial score (nSPS) is 11.1. The molecule has 33 heteroatoms. The predicted octanol–water partition coefficient (Wildman–Crippen LogP) is 0.0311. The van der Waals surface area contributed by atoms with Crippen molar-refractivity contribution in [2.45, 2.75) is 0 Å². The van der Waals surface area contributed by atoms with Crippen LogP contribution in [0.25, 0.3) is 136 Å². The Morgan fingerprint density at radius 1 is 0.219 bits per heavy atom. The fourth-order valence-corrected chi connectivity index (χ4v) is 7.26. The van der Waals surface area contributed by atoms with E-state index in [1.165, 1.54) is 0 Å². The van der Waals surface area contributed by atoms with Gasteiger partial charge in [0.1, 0.15) is 117 Å². The van der Waals surface area contributed by atoms with E-state index in [1.54, 1.807) is 48.6 Å². The predicted molar refractivity (Wildman–Crippen MR) is 226 cm³/mol. The third kappa shape index (κ3) is 6.10. The second-order valence-electron chi connectivity index (χ2n) is 14.3. The number of rotatable bonds is 0. The van der Waals surface area contributed by atoms with Gasteiger partial charge in [0.25, 0.3) is 0 Å². The van der Waals surface area contributed by atoms with Gasteiger partial charge in [0.2, 0.25) is 0 Å². The second kappa shape index (κ2) is 15.2. The number of nitriles is 8. The van der Waals surface area contributed by atoms with Crippen molar-refractivity contribution in [2.75, 3.05) is 0 Å². The Balaban J connectivity index is 0.00000543. The molecule has 329 valence electrons. The molecule has 0 unspecified atom stereocenters. The van der Waals surface area contributed by atoms with E-state index in [0.29, 0.717) is 0 Å². The van der Waals surface area contributed by atoms with E-state index in [9.17, 15) is 42.1 Å². The Morgan fingerprint density at radius 2 is 0.397 bits per heavy atom. The van der Waals surface area contributed by atoms with Crippen molar-refractivity contribution in [3.05, 3.63) is 45.6 Å². The van der Waals surface area contributed by atoms with Gasteiger partial charge in [-0.25, -0.2) is 89.7 Å². The molecule has 0 saturated heterocycles. The van der Waals surface area contributed by atoms with E-state index in [4.69, 9.17) is 19.9 Å². The Hall–Kier alpha value is -12.5. The first kappa shape index (κ1) is 41.9. The van der Waals surface area contributed by atoms with Gasteiger partial charge >= 0.3 is 16.8 Å². The van der Waals surface area contributed by atoms with Crippen LogP contribution >= 0.6 is 0 Å². The van der Waals surface area contributed by atoms with E-state index in [2.05, 4.69) is 99.7 Å². The van der Waals surface area contributed by atoms with Crippen LogP contribution in [0, 0.1) is 90.6 Å². The number of hydrogen-bond acceptors (Lipinski definition) is 30. The van der Waals surface area contributed by atoms with Crippen LogP contribution in [0.5, 0.6) is 0 Å². The van der Waals surface area contributed by atoms with Gasteiger partial charge in [0.15, 0.2) is 90.7 Å². The second-order valence-corrected chi connectivity index (χ2v) is 14.3. The zero-order chi connectivity index (χ0) is 49.1. The summed E-state index contributed by atoms with van der Waals surface area (Å²) >= 11 is 0. The number of nitrogens with zero attached hydrogens (tertiary/aromatic N) is 32. The molecule has 73 heavy (non-hydrogen) atoms. The molecular weight excluding hydrogens is 988 g/mol. The summed E-state index contributed by atoms with van der Waals surface area (Å²) in [5, 5.41) is 78.1. The summed E-state index contributed by atoms with van der Waals surface area (Å²) in [6.07, 6.45) is 0. The van der Waals surface area contributed by atoms with Crippen molar-refractivity contribution >= 4 is 89.8 Å². The molecule has 0 saturated carbocycles. The Kier molecular flexibility index (Phi) is 8.74. The van der Waals surface area contributed by atoms with Gasteiger partial charge in [-0.2, -0.15) is 42.1 Å². The van der Waals surface area contributed by atoms with E-state index in [0.717, 1.165) is 0 Å². The Bertz CT molecular complexity index is 4440. The van der Waals surface area contributed by atoms with Crippen LogP contribution in [0.4, 0.5) is 0 Å². The minimum absolute atomic E-state index is 0. The van der Waals surface area contributed by atoms with Crippen LogP contribution in [0.15, 0.2) is 0 Å². The van der Waals surface area contributed by atoms with Crippen LogP contribution in [-0.2, 0) is 16.8 Å². The zero-order valence-electron chi connectivity index (χ0n) is 34.6. The molecule has 0 fully saturated rings. The van der Waals surface area contributed by atoms with E-state index in [-0.39, 0.29) is 198 Å². The maximum absolute atomic E-state index is 9.76. The maximum atomic E-state index is 9.76. The first-order valence-corrected chi connectivity index (χ1v) is 19.5. The largest absolute Gasteiger partial charge is 2.00 e. The average Bonchev–Trinajstić information content (AvgIpc) is 4.13. The van der Waals surface area contributed by atoms with Crippen molar-refractivity contribution in [3.63, 3.8) is 0 Å². The van der Waals surface area contributed by atoms with E-state index >= 15 is 0 Å². The Morgan fingerprint density at radius 3 is 0.575 bits per heavy atom. The summed E-state index contributed by atoms with van der Waals surface area (Å²) in [5.41, 5.74) is -6.06. The van der Waals surface area contributed by atoms with Gasteiger partial charge in [-0.05, 0) is 0 Å².